The van der Waals surface area contributed by atoms with Crippen LogP contribution in [0.3, 0.4) is 0 Å². The van der Waals surface area contributed by atoms with E-state index in [0.717, 1.165) is 5.56 Å². The van der Waals surface area contributed by atoms with E-state index in [1.54, 1.807) is 0 Å². The molecule has 0 aliphatic rings. The number of hydrogen-bond acceptors (Lipinski definition) is 3. The van der Waals surface area contributed by atoms with Gasteiger partial charge in [-0.25, -0.2) is 0 Å². The molecule has 0 radical (unpaired) electrons. The van der Waals surface area contributed by atoms with Crippen LogP contribution in [0.15, 0.2) is 30.3 Å². The topological polar surface area (TPSA) is 41.6 Å². The highest BCUT2D eigenvalue weighted by Gasteiger charge is 2.43. The molecule has 0 fully saturated rings. The first-order valence-electron chi connectivity index (χ1n) is 8.60. The lowest BCUT2D eigenvalue weighted by atomic mass is 9.95. The molecule has 136 valence electrons. The first kappa shape index (κ1) is 20.7. The second kappa shape index (κ2) is 7.24. The van der Waals surface area contributed by atoms with Crippen molar-refractivity contribution in [2.45, 2.75) is 85.0 Å². The number of hydrogen-bond donors (Lipinski definition) is 1. The summed E-state index contributed by atoms with van der Waals surface area (Å²) in [4.78, 5) is 19.1. The van der Waals surface area contributed by atoms with E-state index in [1.807, 2.05) is 76.9 Å². The molecule has 0 saturated heterocycles. The molecule has 4 nitrogen and oxygen atoms in total. The minimum absolute atomic E-state index is 0.0508. The third-order valence-electron chi connectivity index (χ3n) is 3.69. The van der Waals surface area contributed by atoms with Crippen LogP contribution < -0.4 is 5.32 Å². The Bertz CT molecular complexity index is 539. The minimum atomic E-state index is -0.811. The lowest BCUT2D eigenvalue weighted by Crippen LogP contribution is -2.63. The average Bonchev–Trinajstić information content (AvgIpc) is 2.42. The van der Waals surface area contributed by atoms with Gasteiger partial charge in [-0.2, -0.15) is 5.06 Å². The van der Waals surface area contributed by atoms with Crippen LogP contribution in [0.1, 0.15) is 74.0 Å². The molecule has 0 spiro atoms. The quantitative estimate of drug-likeness (QED) is 0.808. The molecule has 1 unspecified atom stereocenters. The van der Waals surface area contributed by atoms with Crippen LogP contribution >= 0.6 is 0 Å². The van der Waals surface area contributed by atoms with Crippen molar-refractivity contribution < 1.29 is 9.63 Å². The van der Waals surface area contributed by atoms with Crippen molar-refractivity contribution in [2.75, 3.05) is 0 Å². The number of amides is 1. The van der Waals surface area contributed by atoms with Gasteiger partial charge in [0.15, 0.2) is 0 Å². The molecular formula is C20H34N2O2. The third-order valence-corrected chi connectivity index (χ3v) is 3.69. The Morgan fingerprint density at radius 2 is 1.50 bits per heavy atom. The van der Waals surface area contributed by atoms with Crippen molar-refractivity contribution in [1.29, 1.82) is 0 Å². The van der Waals surface area contributed by atoms with Gasteiger partial charge in [0.05, 0.1) is 0 Å². The molecule has 0 aliphatic carbocycles. The van der Waals surface area contributed by atoms with Gasteiger partial charge in [0.1, 0.15) is 11.6 Å². The predicted octanol–water partition coefficient (Wildman–Crippen LogP) is 4.47. The predicted molar refractivity (Wildman–Crippen MR) is 99.5 cm³/mol. The Hall–Kier alpha value is -1.39. The van der Waals surface area contributed by atoms with Crippen LogP contribution in [-0.2, 0) is 9.63 Å². The van der Waals surface area contributed by atoms with Crippen molar-refractivity contribution in [3.63, 3.8) is 0 Å². The number of carbonyl (C=O) groups excluding carboxylic acids is 1. The normalized spacial score (nSPS) is 14.6. The molecule has 4 heteroatoms. The fraction of sp³-hybridized carbons (Fsp3) is 0.650. The van der Waals surface area contributed by atoms with Gasteiger partial charge in [-0.1, -0.05) is 30.3 Å². The van der Waals surface area contributed by atoms with Gasteiger partial charge in [0.25, 0.3) is 0 Å². The van der Waals surface area contributed by atoms with Crippen molar-refractivity contribution in [2.24, 2.45) is 0 Å². The summed E-state index contributed by atoms with van der Waals surface area (Å²) in [5.74, 6) is -0.0508. The molecule has 1 amide bonds. The lowest BCUT2D eigenvalue weighted by Gasteiger charge is -2.46. The van der Waals surface area contributed by atoms with Crippen LogP contribution in [0.4, 0.5) is 0 Å². The summed E-state index contributed by atoms with van der Waals surface area (Å²) >= 11 is 0. The number of nitrogens with zero attached hydrogens (tertiary/aromatic N) is 1. The van der Waals surface area contributed by atoms with Gasteiger partial charge in [0.2, 0.25) is 5.91 Å². The van der Waals surface area contributed by atoms with E-state index in [-0.39, 0.29) is 23.1 Å². The molecule has 0 heterocycles. The zero-order valence-corrected chi connectivity index (χ0v) is 16.7. The summed E-state index contributed by atoms with van der Waals surface area (Å²) in [7, 11) is 0. The van der Waals surface area contributed by atoms with Crippen molar-refractivity contribution in [3.8, 4) is 0 Å². The van der Waals surface area contributed by atoms with Gasteiger partial charge in [-0.15, -0.1) is 0 Å². The third kappa shape index (κ3) is 5.60. The zero-order chi connectivity index (χ0) is 18.8. The van der Waals surface area contributed by atoms with Gasteiger partial charge < -0.3 is 5.32 Å². The van der Waals surface area contributed by atoms with Crippen LogP contribution in [0.25, 0.3) is 0 Å². The smallest absolute Gasteiger partial charge is 0.242 e. The van der Waals surface area contributed by atoms with Crippen LogP contribution in [0, 0.1) is 0 Å². The van der Waals surface area contributed by atoms with E-state index >= 15 is 0 Å². The Kier molecular flexibility index (Phi) is 6.23. The molecule has 0 bridgehead atoms. The highest BCUT2D eigenvalue weighted by Crippen LogP contribution is 2.31. The maximum absolute atomic E-state index is 12.9. The van der Waals surface area contributed by atoms with Gasteiger partial charge >= 0.3 is 0 Å². The van der Waals surface area contributed by atoms with Crippen molar-refractivity contribution >= 4 is 5.91 Å². The molecule has 1 N–H and O–H groups in total. The van der Waals surface area contributed by atoms with Crippen molar-refractivity contribution in [1.82, 2.24) is 10.4 Å². The molecule has 0 aliphatic heterocycles. The van der Waals surface area contributed by atoms with E-state index < -0.39 is 5.54 Å². The molecule has 1 rings (SSSR count). The van der Waals surface area contributed by atoms with E-state index in [2.05, 4.69) is 26.1 Å². The summed E-state index contributed by atoms with van der Waals surface area (Å²) in [5, 5.41) is 4.88. The monoisotopic (exact) mass is 334 g/mol. The maximum Gasteiger partial charge on any atom is 0.242 e. The zero-order valence-electron chi connectivity index (χ0n) is 16.7. The van der Waals surface area contributed by atoms with Gasteiger partial charge in [0, 0.05) is 11.1 Å². The number of nitrogens with one attached hydrogen (secondary N) is 1. The molecular weight excluding hydrogens is 300 g/mol. The molecule has 0 saturated carbocycles. The van der Waals surface area contributed by atoms with Crippen LogP contribution in [0.2, 0.25) is 0 Å². The highest BCUT2D eigenvalue weighted by molar-refractivity contribution is 5.85. The molecule has 1 aromatic carbocycles. The number of hydroxylamine groups is 2. The summed E-state index contributed by atoms with van der Waals surface area (Å²) in [6.07, 6.45) is -0.146. The minimum Gasteiger partial charge on any atom is -0.350 e. The summed E-state index contributed by atoms with van der Waals surface area (Å²) in [6, 6.07) is 10.0. The Labute approximate surface area is 147 Å². The highest BCUT2D eigenvalue weighted by atomic mass is 16.7. The molecule has 1 atom stereocenters. The Morgan fingerprint density at radius 3 is 1.92 bits per heavy atom. The lowest BCUT2D eigenvalue weighted by molar-refractivity contribution is -0.281. The first-order valence-corrected chi connectivity index (χ1v) is 8.60. The van der Waals surface area contributed by atoms with Crippen LogP contribution in [-0.4, -0.2) is 27.6 Å². The SMILES string of the molecule is CC(ON(C(C)(C)C)C(C)(C)C(=O)NC(C)(C)C)c1ccccc1. The fourth-order valence-corrected chi connectivity index (χ4v) is 2.66. The van der Waals surface area contributed by atoms with Crippen LogP contribution in [0.5, 0.6) is 0 Å². The first-order chi connectivity index (χ1) is 10.7. The maximum atomic E-state index is 12.9. The second-order valence-corrected chi connectivity index (χ2v) is 8.89. The van der Waals surface area contributed by atoms with E-state index in [1.165, 1.54) is 0 Å². The molecule has 0 aromatic heterocycles. The number of rotatable bonds is 5. The summed E-state index contributed by atoms with van der Waals surface area (Å²) in [5.41, 5.74) is -0.349. The van der Waals surface area contributed by atoms with E-state index in [9.17, 15) is 4.79 Å². The second-order valence-electron chi connectivity index (χ2n) is 8.89. The van der Waals surface area contributed by atoms with Gasteiger partial charge in [-0.3, -0.25) is 9.63 Å². The fourth-order valence-electron chi connectivity index (χ4n) is 2.66. The number of benzene rings is 1. The van der Waals surface area contributed by atoms with E-state index in [4.69, 9.17) is 4.84 Å². The molecule has 1 aromatic rings. The summed E-state index contributed by atoms with van der Waals surface area (Å²) in [6.45, 7) is 17.9. The van der Waals surface area contributed by atoms with E-state index in [0.29, 0.717) is 0 Å². The van der Waals surface area contributed by atoms with Gasteiger partial charge in [-0.05, 0) is 67.9 Å². The van der Waals surface area contributed by atoms with Crippen molar-refractivity contribution in [3.05, 3.63) is 35.9 Å². The largest absolute Gasteiger partial charge is 0.350 e. The summed E-state index contributed by atoms with van der Waals surface area (Å²) < 4.78 is 0. The Balaban J connectivity index is 3.06. The number of carbonyl (C=O) groups is 1. The standard InChI is InChI=1S/C20H34N2O2/c1-15(16-13-11-10-12-14-16)24-22(19(5,6)7)20(8,9)17(23)21-18(2,3)4/h10-15H,1-9H3,(H,21,23). The Morgan fingerprint density at radius 1 is 1.00 bits per heavy atom. The molecule has 24 heavy (non-hydrogen) atoms. The average molecular weight is 335 g/mol.